The lowest BCUT2D eigenvalue weighted by atomic mass is 10.2. The molecule has 0 saturated heterocycles. The van der Waals surface area contributed by atoms with Gasteiger partial charge in [0.15, 0.2) is 0 Å². The third kappa shape index (κ3) is 3.74. The van der Waals surface area contributed by atoms with Crippen molar-refractivity contribution < 1.29 is 4.74 Å². The Balaban J connectivity index is 1.88. The van der Waals surface area contributed by atoms with Crippen LogP contribution < -0.4 is 15.4 Å². The molecule has 3 aromatic rings. The lowest BCUT2D eigenvalue weighted by Crippen LogP contribution is -2.06. The molecular formula is C19H22N4O. The van der Waals surface area contributed by atoms with Crippen molar-refractivity contribution in [1.29, 1.82) is 0 Å². The molecule has 0 radical (unpaired) electrons. The molecule has 1 aromatic heterocycles. The number of nitrogens with zero attached hydrogens (tertiary/aromatic N) is 2. The smallest absolute Gasteiger partial charge is 0.229 e. The maximum atomic E-state index is 5.46. The Morgan fingerprint density at radius 2 is 1.75 bits per heavy atom. The predicted molar refractivity (Wildman–Crippen MR) is 99.2 cm³/mol. The maximum absolute atomic E-state index is 5.46. The van der Waals surface area contributed by atoms with Crippen LogP contribution in [0, 0.1) is 0 Å². The molecule has 24 heavy (non-hydrogen) atoms. The molecule has 0 saturated carbocycles. The molecule has 0 amide bonds. The van der Waals surface area contributed by atoms with Crippen molar-refractivity contribution >= 4 is 28.4 Å². The van der Waals surface area contributed by atoms with Crippen LogP contribution in [0.25, 0.3) is 10.9 Å². The normalized spacial score (nSPS) is 10.6. The average molecular weight is 322 g/mol. The fraction of sp³-hybridized carbons (Fsp3) is 0.263. The lowest BCUT2D eigenvalue weighted by Gasteiger charge is -2.11. The number of ether oxygens (including phenoxy) is 1. The quantitative estimate of drug-likeness (QED) is 0.666. The van der Waals surface area contributed by atoms with E-state index in [0.29, 0.717) is 12.6 Å². The minimum atomic E-state index is 0.580. The van der Waals surface area contributed by atoms with Crippen molar-refractivity contribution in [3.8, 4) is 5.75 Å². The third-order valence-electron chi connectivity index (χ3n) is 3.57. The summed E-state index contributed by atoms with van der Waals surface area (Å²) in [5.41, 5.74) is 1.84. The fourth-order valence-electron chi connectivity index (χ4n) is 2.44. The first-order valence-corrected chi connectivity index (χ1v) is 8.30. The van der Waals surface area contributed by atoms with Gasteiger partial charge in [-0.05, 0) is 49.7 Å². The van der Waals surface area contributed by atoms with Crippen LogP contribution in [0.5, 0.6) is 5.75 Å². The Morgan fingerprint density at radius 3 is 2.50 bits per heavy atom. The molecular weight excluding hydrogens is 300 g/mol. The molecule has 0 atom stereocenters. The van der Waals surface area contributed by atoms with E-state index in [1.54, 1.807) is 0 Å². The van der Waals surface area contributed by atoms with E-state index in [-0.39, 0.29) is 0 Å². The SMILES string of the molecule is CCCNc1nc(Nc2ccc(OCC)cc2)nc2ccccc12. The summed E-state index contributed by atoms with van der Waals surface area (Å²) in [6.45, 7) is 5.64. The maximum Gasteiger partial charge on any atom is 0.229 e. The van der Waals surface area contributed by atoms with Gasteiger partial charge in [0.25, 0.3) is 0 Å². The van der Waals surface area contributed by atoms with Crippen LogP contribution in [-0.4, -0.2) is 23.1 Å². The number of para-hydroxylation sites is 1. The predicted octanol–water partition coefficient (Wildman–Crippen LogP) is 4.59. The number of hydrogen-bond donors (Lipinski definition) is 2. The van der Waals surface area contributed by atoms with Crippen LogP contribution in [0.15, 0.2) is 48.5 Å². The Kier molecular flexibility index (Phi) is 5.11. The molecule has 5 nitrogen and oxygen atoms in total. The Hall–Kier alpha value is -2.82. The molecule has 2 N–H and O–H groups in total. The van der Waals surface area contributed by atoms with E-state index in [9.17, 15) is 0 Å². The minimum Gasteiger partial charge on any atom is -0.494 e. The first kappa shape index (κ1) is 16.1. The van der Waals surface area contributed by atoms with E-state index in [4.69, 9.17) is 4.74 Å². The average Bonchev–Trinajstić information content (AvgIpc) is 2.61. The summed E-state index contributed by atoms with van der Waals surface area (Å²) < 4.78 is 5.46. The highest BCUT2D eigenvalue weighted by molar-refractivity contribution is 5.90. The number of aromatic nitrogens is 2. The zero-order valence-electron chi connectivity index (χ0n) is 14.0. The number of anilines is 3. The number of benzene rings is 2. The molecule has 124 valence electrons. The highest BCUT2D eigenvalue weighted by atomic mass is 16.5. The van der Waals surface area contributed by atoms with Gasteiger partial charge in [0, 0.05) is 17.6 Å². The summed E-state index contributed by atoms with van der Waals surface area (Å²) >= 11 is 0. The summed E-state index contributed by atoms with van der Waals surface area (Å²) in [6, 6.07) is 15.8. The number of rotatable bonds is 7. The summed E-state index contributed by atoms with van der Waals surface area (Å²) in [5, 5.41) is 7.67. The van der Waals surface area contributed by atoms with Gasteiger partial charge in [-0.15, -0.1) is 0 Å². The highest BCUT2D eigenvalue weighted by Gasteiger charge is 2.07. The second kappa shape index (κ2) is 7.64. The van der Waals surface area contributed by atoms with Crippen molar-refractivity contribution in [3.05, 3.63) is 48.5 Å². The Morgan fingerprint density at radius 1 is 0.958 bits per heavy atom. The van der Waals surface area contributed by atoms with Gasteiger partial charge in [0.2, 0.25) is 5.95 Å². The van der Waals surface area contributed by atoms with Crippen LogP contribution in [0.3, 0.4) is 0 Å². The van der Waals surface area contributed by atoms with Gasteiger partial charge < -0.3 is 15.4 Å². The van der Waals surface area contributed by atoms with Gasteiger partial charge in [-0.25, -0.2) is 4.98 Å². The Bertz CT molecular complexity index is 802. The van der Waals surface area contributed by atoms with Crippen LogP contribution in [-0.2, 0) is 0 Å². The van der Waals surface area contributed by atoms with Gasteiger partial charge in [-0.3, -0.25) is 0 Å². The molecule has 0 unspecified atom stereocenters. The third-order valence-corrected chi connectivity index (χ3v) is 3.57. The molecule has 5 heteroatoms. The number of nitrogens with one attached hydrogen (secondary N) is 2. The molecule has 0 fully saturated rings. The largest absolute Gasteiger partial charge is 0.494 e. The zero-order valence-corrected chi connectivity index (χ0v) is 14.0. The topological polar surface area (TPSA) is 59.1 Å². The van der Waals surface area contributed by atoms with E-state index >= 15 is 0 Å². The number of fused-ring (bicyclic) bond motifs is 1. The van der Waals surface area contributed by atoms with E-state index in [1.807, 2.05) is 55.5 Å². The van der Waals surface area contributed by atoms with Crippen LogP contribution in [0.1, 0.15) is 20.3 Å². The van der Waals surface area contributed by atoms with Gasteiger partial charge in [-0.1, -0.05) is 19.1 Å². The molecule has 3 rings (SSSR count). The van der Waals surface area contributed by atoms with Crippen molar-refractivity contribution in [2.45, 2.75) is 20.3 Å². The highest BCUT2D eigenvalue weighted by Crippen LogP contribution is 2.24. The minimum absolute atomic E-state index is 0.580. The summed E-state index contributed by atoms with van der Waals surface area (Å²) in [7, 11) is 0. The molecule has 1 heterocycles. The summed E-state index contributed by atoms with van der Waals surface area (Å²) in [6.07, 6.45) is 1.04. The van der Waals surface area contributed by atoms with Crippen molar-refractivity contribution in [2.24, 2.45) is 0 Å². The second-order valence-electron chi connectivity index (χ2n) is 5.42. The van der Waals surface area contributed by atoms with Crippen molar-refractivity contribution in [3.63, 3.8) is 0 Å². The van der Waals surface area contributed by atoms with Gasteiger partial charge in [-0.2, -0.15) is 4.98 Å². The van der Waals surface area contributed by atoms with E-state index in [0.717, 1.165) is 41.1 Å². The van der Waals surface area contributed by atoms with Gasteiger partial charge >= 0.3 is 0 Å². The molecule has 0 aliphatic rings. The molecule has 0 aliphatic heterocycles. The summed E-state index contributed by atoms with van der Waals surface area (Å²) in [5.74, 6) is 2.29. The van der Waals surface area contributed by atoms with Crippen LogP contribution in [0.4, 0.5) is 17.5 Å². The molecule has 0 bridgehead atoms. The van der Waals surface area contributed by atoms with Gasteiger partial charge in [0.1, 0.15) is 11.6 Å². The lowest BCUT2D eigenvalue weighted by molar-refractivity contribution is 0.340. The molecule has 2 aromatic carbocycles. The zero-order chi connectivity index (χ0) is 16.8. The van der Waals surface area contributed by atoms with Crippen LogP contribution in [0.2, 0.25) is 0 Å². The first-order chi connectivity index (χ1) is 11.8. The second-order valence-corrected chi connectivity index (χ2v) is 5.42. The molecule has 0 aliphatic carbocycles. The molecule has 0 spiro atoms. The van der Waals surface area contributed by atoms with E-state index < -0.39 is 0 Å². The van der Waals surface area contributed by atoms with Crippen LogP contribution >= 0.6 is 0 Å². The van der Waals surface area contributed by atoms with Crippen molar-refractivity contribution in [2.75, 3.05) is 23.8 Å². The Labute approximate surface area is 142 Å². The van der Waals surface area contributed by atoms with E-state index in [2.05, 4.69) is 27.5 Å². The monoisotopic (exact) mass is 322 g/mol. The first-order valence-electron chi connectivity index (χ1n) is 8.30. The standard InChI is InChI=1S/C19H22N4O/c1-3-13-20-18-16-7-5-6-8-17(16)22-19(23-18)21-14-9-11-15(12-10-14)24-4-2/h5-12H,3-4,13H2,1-2H3,(H2,20,21,22,23). The fourth-order valence-corrected chi connectivity index (χ4v) is 2.44. The van der Waals surface area contributed by atoms with E-state index in [1.165, 1.54) is 0 Å². The van der Waals surface area contributed by atoms with Crippen molar-refractivity contribution in [1.82, 2.24) is 9.97 Å². The number of hydrogen-bond acceptors (Lipinski definition) is 5. The summed E-state index contributed by atoms with van der Waals surface area (Å²) in [4.78, 5) is 9.23. The van der Waals surface area contributed by atoms with Gasteiger partial charge in [0.05, 0.1) is 12.1 Å².